The summed E-state index contributed by atoms with van der Waals surface area (Å²) in [5.41, 5.74) is 12.2. The van der Waals surface area contributed by atoms with Crippen LogP contribution >= 0.6 is 0 Å². The number of nitrogens with one attached hydrogen (secondary N) is 1. The Morgan fingerprint density at radius 2 is 2.27 bits per heavy atom. The predicted octanol–water partition coefficient (Wildman–Crippen LogP) is 0.256. The van der Waals surface area contributed by atoms with Gasteiger partial charge in [0.15, 0.2) is 0 Å². The number of hydrogen-bond acceptors (Lipinski definition) is 3. The normalized spacial score (nSPS) is 9.55. The maximum atomic E-state index is 7.17. The molecule has 1 heterocycles. The van der Waals surface area contributed by atoms with Gasteiger partial charge in [0.2, 0.25) is 0 Å². The number of hydrogen-bond donors (Lipinski definition) is 3. The second kappa shape index (κ2) is 2.57. The third-order valence-electron chi connectivity index (χ3n) is 1.46. The van der Waals surface area contributed by atoms with Crippen LogP contribution in [0.5, 0.6) is 0 Å². The molecule has 0 radical (unpaired) electrons. The van der Waals surface area contributed by atoms with E-state index < -0.39 is 0 Å². The molecule has 0 atom stereocenters. The van der Waals surface area contributed by atoms with E-state index in [1.165, 1.54) is 0 Å². The number of rotatable bonds is 1. The van der Waals surface area contributed by atoms with Crippen LogP contribution in [-0.4, -0.2) is 10.8 Å². The Morgan fingerprint density at radius 1 is 1.64 bits per heavy atom. The maximum absolute atomic E-state index is 7.17. The van der Waals surface area contributed by atoms with Gasteiger partial charge in [-0.15, -0.1) is 0 Å². The van der Waals surface area contributed by atoms with E-state index in [1.807, 2.05) is 6.92 Å². The third-order valence-corrected chi connectivity index (χ3v) is 1.46. The number of aromatic nitrogens is 1. The summed E-state index contributed by atoms with van der Waals surface area (Å²) in [5, 5.41) is 7.17. The molecule has 0 spiro atoms. The van der Waals surface area contributed by atoms with E-state index in [-0.39, 0.29) is 5.84 Å². The molecule has 0 aliphatic rings. The monoisotopic (exact) mass is 150 g/mol. The molecule has 0 aliphatic carbocycles. The summed E-state index contributed by atoms with van der Waals surface area (Å²) in [6.45, 7) is 1.84. The summed E-state index contributed by atoms with van der Waals surface area (Å²) >= 11 is 0. The van der Waals surface area contributed by atoms with E-state index in [2.05, 4.69) is 4.98 Å². The number of anilines is 1. The van der Waals surface area contributed by atoms with Gasteiger partial charge in [0.25, 0.3) is 0 Å². The van der Waals surface area contributed by atoms with E-state index in [9.17, 15) is 0 Å². The quantitative estimate of drug-likeness (QED) is 0.396. The van der Waals surface area contributed by atoms with Crippen LogP contribution in [0.15, 0.2) is 12.3 Å². The standard InChI is InChI=1S/C7H10N4/c1-4-2-3-11-7(10)5(4)6(8)9/h2-3H,1H3,(H3,8,9)(H2,10,11). The minimum absolute atomic E-state index is 0.0342. The van der Waals surface area contributed by atoms with Crippen LogP contribution in [0.25, 0.3) is 0 Å². The maximum Gasteiger partial charge on any atom is 0.134 e. The topological polar surface area (TPSA) is 88.8 Å². The minimum atomic E-state index is -0.0342. The molecule has 1 aromatic rings. The first kappa shape index (κ1) is 7.53. The Hall–Kier alpha value is -1.58. The smallest absolute Gasteiger partial charge is 0.134 e. The zero-order valence-corrected chi connectivity index (χ0v) is 6.26. The van der Waals surface area contributed by atoms with Crippen LogP contribution in [0.1, 0.15) is 11.1 Å². The lowest BCUT2D eigenvalue weighted by atomic mass is 10.1. The molecular weight excluding hydrogens is 140 g/mol. The van der Waals surface area contributed by atoms with Gasteiger partial charge in [0.05, 0.1) is 5.56 Å². The first-order chi connectivity index (χ1) is 5.13. The lowest BCUT2D eigenvalue weighted by Crippen LogP contribution is -2.16. The average Bonchev–Trinajstić information content (AvgIpc) is 1.85. The van der Waals surface area contributed by atoms with Crippen LogP contribution in [0.3, 0.4) is 0 Å². The largest absolute Gasteiger partial charge is 0.384 e. The van der Waals surface area contributed by atoms with Crippen LogP contribution in [0, 0.1) is 12.3 Å². The van der Waals surface area contributed by atoms with E-state index in [4.69, 9.17) is 16.9 Å². The van der Waals surface area contributed by atoms with Crippen molar-refractivity contribution in [2.45, 2.75) is 6.92 Å². The SMILES string of the molecule is Cc1ccnc(N)c1C(=N)N. The highest BCUT2D eigenvalue weighted by Crippen LogP contribution is 2.11. The van der Waals surface area contributed by atoms with Gasteiger partial charge in [0.1, 0.15) is 11.7 Å². The van der Waals surface area contributed by atoms with Gasteiger partial charge in [-0.3, -0.25) is 5.41 Å². The molecule has 0 aliphatic heterocycles. The van der Waals surface area contributed by atoms with Gasteiger partial charge in [-0.25, -0.2) is 4.98 Å². The van der Waals surface area contributed by atoms with E-state index in [1.54, 1.807) is 12.3 Å². The summed E-state index contributed by atoms with van der Waals surface area (Å²) in [5.74, 6) is 0.283. The van der Waals surface area contributed by atoms with Crippen molar-refractivity contribution in [3.8, 4) is 0 Å². The Bertz CT molecular complexity index is 272. The zero-order valence-electron chi connectivity index (χ0n) is 6.26. The fourth-order valence-electron chi connectivity index (χ4n) is 0.930. The highest BCUT2D eigenvalue weighted by atomic mass is 14.8. The molecule has 1 rings (SSSR count). The molecule has 0 fully saturated rings. The summed E-state index contributed by atoms with van der Waals surface area (Å²) in [6.07, 6.45) is 1.59. The van der Waals surface area contributed by atoms with Crippen molar-refractivity contribution in [1.29, 1.82) is 5.41 Å². The number of aryl methyl sites for hydroxylation is 1. The second-order valence-corrected chi connectivity index (χ2v) is 2.30. The lowest BCUT2D eigenvalue weighted by Gasteiger charge is -2.04. The highest BCUT2D eigenvalue weighted by molar-refractivity contribution is 6.00. The molecule has 4 heteroatoms. The van der Waals surface area contributed by atoms with Gasteiger partial charge >= 0.3 is 0 Å². The van der Waals surface area contributed by atoms with Crippen LogP contribution in [0.2, 0.25) is 0 Å². The first-order valence-electron chi connectivity index (χ1n) is 3.18. The van der Waals surface area contributed by atoms with Crippen molar-refractivity contribution in [1.82, 2.24) is 4.98 Å². The Kier molecular flexibility index (Phi) is 1.76. The molecule has 0 saturated carbocycles. The summed E-state index contributed by atoms with van der Waals surface area (Å²) in [6, 6.07) is 1.77. The minimum Gasteiger partial charge on any atom is -0.384 e. The van der Waals surface area contributed by atoms with Gasteiger partial charge in [0, 0.05) is 6.20 Å². The fraction of sp³-hybridized carbons (Fsp3) is 0.143. The molecule has 5 N–H and O–H groups in total. The second-order valence-electron chi connectivity index (χ2n) is 2.30. The molecular formula is C7H10N4. The molecule has 4 nitrogen and oxygen atoms in total. The molecule has 11 heavy (non-hydrogen) atoms. The van der Waals surface area contributed by atoms with Crippen molar-refractivity contribution < 1.29 is 0 Å². The van der Waals surface area contributed by atoms with Gasteiger partial charge in [-0.05, 0) is 18.6 Å². The number of nitrogen functional groups attached to an aromatic ring is 2. The average molecular weight is 150 g/mol. The molecule has 0 amide bonds. The lowest BCUT2D eigenvalue weighted by molar-refractivity contribution is 1.26. The Balaban J connectivity index is 3.32. The van der Waals surface area contributed by atoms with E-state index in [0.717, 1.165) is 5.56 Å². The number of nitrogens with two attached hydrogens (primary N) is 2. The van der Waals surface area contributed by atoms with Gasteiger partial charge < -0.3 is 11.5 Å². The highest BCUT2D eigenvalue weighted by Gasteiger charge is 2.05. The molecule has 58 valence electrons. The molecule has 0 bridgehead atoms. The molecule has 1 aromatic heterocycles. The summed E-state index contributed by atoms with van der Waals surface area (Å²) < 4.78 is 0. The zero-order chi connectivity index (χ0) is 8.43. The Labute approximate surface area is 64.7 Å². The molecule has 0 aromatic carbocycles. The van der Waals surface area contributed by atoms with E-state index >= 15 is 0 Å². The van der Waals surface area contributed by atoms with Gasteiger partial charge in [-0.2, -0.15) is 0 Å². The number of nitrogens with zero attached hydrogens (tertiary/aromatic N) is 1. The number of pyridine rings is 1. The van der Waals surface area contributed by atoms with Crippen molar-refractivity contribution >= 4 is 11.7 Å². The van der Waals surface area contributed by atoms with E-state index in [0.29, 0.717) is 11.4 Å². The molecule has 0 saturated heterocycles. The number of amidine groups is 1. The van der Waals surface area contributed by atoms with Crippen molar-refractivity contribution in [3.05, 3.63) is 23.4 Å². The fourth-order valence-corrected chi connectivity index (χ4v) is 0.930. The van der Waals surface area contributed by atoms with Gasteiger partial charge in [-0.1, -0.05) is 0 Å². The first-order valence-corrected chi connectivity index (χ1v) is 3.18. The summed E-state index contributed by atoms with van der Waals surface area (Å²) in [7, 11) is 0. The van der Waals surface area contributed by atoms with Crippen molar-refractivity contribution in [2.75, 3.05) is 5.73 Å². The molecule has 0 unspecified atom stereocenters. The summed E-state index contributed by atoms with van der Waals surface area (Å²) in [4.78, 5) is 3.82. The predicted molar refractivity (Wildman–Crippen MR) is 44.4 cm³/mol. The Morgan fingerprint density at radius 3 is 2.64 bits per heavy atom. The third kappa shape index (κ3) is 1.29. The van der Waals surface area contributed by atoms with Crippen LogP contribution in [0.4, 0.5) is 5.82 Å². The van der Waals surface area contributed by atoms with Crippen LogP contribution < -0.4 is 11.5 Å². The van der Waals surface area contributed by atoms with Crippen molar-refractivity contribution in [2.24, 2.45) is 5.73 Å². The van der Waals surface area contributed by atoms with Crippen LogP contribution in [-0.2, 0) is 0 Å². The van der Waals surface area contributed by atoms with Crippen molar-refractivity contribution in [3.63, 3.8) is 0 Å².